The molecular weight excluding hydrogens is 1520 g/mol. The number of pyridine rings is 2. The van der Waals surface area contributed by atoms with Gasteiger partial charge in [-0.3, -0.25) is 9.97 Å². The molecule has 584 valence electrons. The Kier molecular flexibility index (Phi) is 17.0. The first-order chi connectivity index (χ1) is 62.5. The third-order valence-corrected chi connectivity index (χ3v) is 26.4. The van der Waals surface area contributed by atoms with Crippen molar-refractivity contribution in [2.75, 3.05) is 0 Å². The second-order valence-corrected chi connectivity index (χ2v) is 33.3. The summed E-state index contributed by atoms with van der Waals surface area (Å²) in [5, 5.41) is 26.9. The molecule has 126 heavy (non-hydrogen) atoms. The summed E-state index contributed by atoms with van der Waals surface area (Å²) < 4.78 is 4.79. The predicted octanol–water partition coefficient (Wildman–Crippen LogP) is 33.2. The highest BCUT2D eigenvalue weighted by atomic mass is 15.0. The van der Waals surface area contributed by atoms with Crippen molar-refractivity contribution in [2.45, 2.75) is 0 Å². The monoisotopic (exact) mass is 1600 g/mol. The fourth-order valence-electron chi connectivity index (χ4n) is 20.6. The van der Waals surface area contributed by atoms with Crippen LogP contribution in [0.4, 0.5) is 0 Å². The average molecular weight is 1600 g/mol. The molecule has 0 aliphatic heterocycles. The maximum Gasteiger partial charge on any atom is 0.0786 e. The number of para-hydroxylation sites is 4. The van der Waals surface area contributed by atoms with Crippen LogP contribution >= 0.6 is 0 Å². The quantitative estimate of drug-likeness (QED) is 0.101. The van der Waals surface area contributed by atoms with E-state index < -0.39 is 0 Å². The van der Waals surface area contributed by atoms with Gasteiger partial charge in [0.15, 0.2) is 0 Å². The van der Waals surface area contributed by atoms with Crippen molar-refractivity contribution >= 4 is 152 Å². The Morgan fingerprint density at radius 2 is 0.397 bits per heavy atom. The van der Waals surface area contributed by atoms with Crippen LogP contribution < -0.4 is 0 Å². The van der Waals surface area contributed by atoms with Crippen molar-refractivity contribution in [1.29, 1.82) is 0 Å². The summed E-state index contributed by atoms with van der Waals surface area (Å²) >= 11 is 0. The molecule has 0 radical (unpaired) electrons. The molecular formula is C122H76N4. The van der Waals surface area contributed by atoms with Gasteiger partial charge in [-0.15, -0.1) is 0 Å². The van der Waals surface area contributed by atoms with E-state index in [4.69, 9.17) is 9.97 Å². The van der Waals surface area contributed by atoms with Crippen LogP contribution in [0.1, 0.15) is 0 Å². The third-order valence-electron chi connectivity index (χ3n) is 26.4. The van der Waals surface area contributed by atoms with Crippen LogP contribution in [-0.2, 0) is 0 Å². The zero-order valence-corrected chi connectivity index (χ0v) is 68.7. The lowest BCUT2D eigenvalue weighted by atomic mass is 9.84. The van der Waals surface area contributed by atoms with Crippen LogP contribution in [-0.4, -0.2) is 19.1 Å². The van der Waals surface area contributed by atoms with Gasteiger partial charge in [0.1, 0.15) is 0 Å². The third kappa shape index (κ3) is 11.9. The van der Waals surface area contributed by atoms with E-state index in [0.29, 0.717) is 0 Å². The normalized spacial score (nSPS) is 11.8. The first-order valence-electron chi connectivity index (χ1n) is 43.4. The molecule has 0 aliphatic carbocycles. The summed E-state index contributed by atoms with van der Waals surface area (Å²) in [5.74, 6) is 0. The molecule has 0 amide bonds. The molecule has 4 heteroatoms. The molecule has 0 atom stereocenters. The summed E-state index contributed by atoms with van der Waals surface area (Å²) in [7, 11) is 0. The van der Waals surface area contributed by atoms with Gasteiger partial charge in [-0.2, -0.15) is 0 Å². The molecule has 4 nitrogen and oxygen atoms in total. The first kappa shape index (κ1) is 72.2. The molecule has 0 bridgehead atoms. The predicted molar refractivity (Wildman–Crippen MR) is 536 cm³/mol. The van der Waals surface area contributed by atoms with Crippen molar-refractivity contribution in [2.24, 2.45) is 0 Å². The van der Waals surface area contributed by atoms with Gasteiger partial charge in [-0.05, 0) is 261 Å². The number of hydrogen-bond donors (Lipinski definition) is 0. The first-order valence-corrected chi connectivity index (χ1v) is 43.4. The van der Waals surface area contributed by atoms with E-state index in [2.05, 4.69) is 458 Å². The molecule has 26 rings (SSSR count). The number of benzene rings is 22. The highest BCUT2D eigenvalue weighted by Crippen LogP contribution is 2.50. The number of nitrogens with zero attached hydrogens (tertiary/aromatic N) is 4. The molecule has 4 heterocycles. The fraction of sp³-hybridized carbons (Fsp3) is 0. The number of rotatable bonds is 10. The van der Waals surface area contributed by atoms with Gasteiger partial charge in [0.05, 0.1) is 33.1 Å². The molecule has 0 fully saturated rings. The Morgan fingerprint density at radius 3 is 0.754 bits per heavy atom. The van der Waals surface area contributed by atoms with Gasteiger partial charge < -0.3 is 9.13 Å². The maximum atomic E-state index is 4.94. The fourth-order valence-corrected chi connectivity index (χ4v) is 20.6. The van der Waals surface area contributed by atoms with Gasteiger partial charge in [0.2, 0.25) is 0 Å². The summed E-state index contributed by atoms with van der Waals surface area (Å²) in [6, 6.07) is 165. The number of hydrogen-bond acceptors (Lipinski definition) is 2. The molecule has 0 saturated heterocycles. The van der Waals surface area contributed by atoms with E-state index in [0.717, 1.165) is 38.7 Å². The van der Waals surface area contributed by atoms with Crippen molar-refractivity contribution in [3.63, 3.8) is 0 Å². The largest absolute Gasteiger partial charge is 0.309 e. The lowest BCUT2D eigenvalue weighted by molar-refractivity contribution is 1.18. The van der Waals surface area contributed by atoms with E-state index in [1.165, 1.54) is 213 Å². The van der Waals surface area contributed by atoms with E-state index in [1.807, 2.05) is 12.4 Å². The average Bonchev–Trinajstić information content (AvgIpc) is 0.872. The van der Waals surface area contributed by atoms with Gasteiger partial charge in [-0.25, -0.2) is 0 Å². The molecule has 4 aromatic heterocycles. The van der Waals surface area contributed by atoms with Crippen LogP contribution in [0.15, 0.2) is 461 Å². The maximum absolute atomic E-state index is 4.94. The highest BCUT2D eigenvalue weighted by Gasteiger charge is 2.24. The topological polar surface area (TPSA) is 35.6 Å². The zero-order valence-electron chi connectivity index (χ0n) is 68.7. The summed E-state index contributed by atoms with van der Waals surface area (Å²) in [4.78, 5) is 9.85. The van der Waals surface area contributed by atoms with Crippen LogP contribution in [0.5, 0.6) is 0 Å². The van der Waals surface area contributed by atoms with Crippen molar-refractivity contribution in [3.8, 4) is 100 Å². The zero-order chi connectivity index (χ0) is 82.9. The lowest BCUT2D eigenvalue weighted by Crippen LogP contribution is -1.96. The highest BCUT2D eigenvalue weighted by molar-refractivity contribution is 6.25. The minimum atomic E-state index is 1.02. The van der Waals surface area contributed by atoms with Gasteiger partial charge in [0, 0.05) is 66.9 Å². The Bertz CT molecular complexity index is 8840. The van der Waals surface area contributed by atoms with Crippen LogP contribution in [0, 0.1) is 0 Å². The van der Waals surface area contributed by atoms with E-state index >= 15 is 0 Å². The lowest BCUT2D eigenvalue weighted by Gasteiger charge is -2.20. The van der Waals surface area contributed by atoms with E-state index in [9.17, 15) is 0 Å². The Balaban J connectivity index is 0.000000138. The van der Waals surface area contributed by atoms with Gasteiger partial charge in [0.25, 0.3) is 0 Å². The Morgan fingerprint density at radius 1 is 0.143 bits per heavy atom. The molecule has 0 saturated carbocycles. The number of aromatic nitrogens is 4. The van der Waals surface area contributed by atoms with Crippen LogP contribution in [0.25, 0.3) is 252 Å². The summed E-state index contributed by atoms with van der Waals surface area (Å²) in [6.07, 6.45) is 3.81. The minimum absolute atomic E-state index is 1.02. The smallest absolute Gasteiger partial charge is 0.0786 e. The summed E-state index contributed by atoms with van der Waals surface area (Å²) in [5.41, 5.74) is 28.4. The molecule has 26 aromatic rings. The van der Waals surface area contributed by atoms with Crippen molar-refractivity contribution < 1.29 is 0 Å². The Labute approximate surface area is 727 Å². The van der Waals surface area contributed by atoms with E-state index in [1.54, 1.807) is 0 Å². The van der Waals surface area contributed by atoms with Crippen LogP contribution in [0.2, 0.25) is 0 Å². The standard InChI is InChI=1S/C63H39N3.C59H37N/c1-2-15-46-42(14-1)38-55(54-22-13-37-64-63(46)54)43-31-36-53-56(39-43)62(41-29-34-45(35-30-41)66-59-25-11-7-18-49(59)50-19-8-12-26-60(50)66)52-21-4-3-20-51(52)61(53)40-27-32-44(33-28-40)65-57-23-9-5-16-47(57)48-17-6-10-24-58(48)65;1-3-12-44-34-46(29-23-38(44)10-1)40-19-25-42(26-20-40)57-51-16-7-8-17-52(51)58(43-27-21-41(22-28-43)47-30-24-39-11-2-4-13-45(39)35-47)56-37-49(31-32-53(56)57)55-36-48-14-5-6-15-50(48)59-54(55)18-9-33-60-59/h1-39H;1-37H. The second kappa shape index (κ2) is 29.6. The molecule has 22 aromatic carbocycles. The molecule has 0 spiro atoms. The van der Waals surface area contributed by atoms with Crippen LogP contribution in [0.3, 0.4) is 0 Å². The van der Waals surface area contributed by atoms with Crippen molar-refractivity contribution in [3.05, 3.63) is 461 Å². The molecule has 0 N–H and O–H groups in total. The second-order valence-electron chi connectivity index (χ2n) is 33.3. The molecule has 0 aliphatic rings. The molecule has 0 unspecified atom stereocenters. The number of fused-ring (bicyclic) bond motifs is 18. The van der Waals surface area contributed by atoms with Crippen molar-refractivity contribution in [1.82, 2.24) is 19.1 Å². The Hall–Kier alpha value is -16.7. The minimum Gasteiger partial charge on any atom is -0.309 e. The van der Waals surface area contributed by atoms with E-state index in [-0.39, 0.29) is 0 Å². The summed E-state index contributed by atoms with van der Waals surface area (Å²) in [6.45, 7) is 0. The van der Waals surface area contributed by atoms with Gasteiger partial charge in [-0.1, -0.05) is 352 Å². The van der Waals surface area contributed by atoms with Gasteiger partial charge >= 0.3 is 0 Å². The SMILES string of the molecule is c1ccc2c(c1)cc(-c1ccc3c(-c4ccc(-n5c6ccccc6c6ccccc65)cc4)c4ccccc4c(-c4ccc(-n5c6ccccc6c6ccccc65)cc4)c3c1)c1cccnc12.c1ccc2cc(-c3ccc(-c4c5ccccc5c(-c5ccc(-c6ccc7ccccc7c6)cc5)c5cc(-c6cc7ccccc7c7ncccc67)ccc45)cc3)ccc2c1.